The number of sulfonamides is 1. The highest BCUT2D eigenvalue weighted by molar-refractivity contribution is 7.89. The quantitative estimate of drug-likeness (QED) is 0.642. The minimum absolute atomic E-state index is 0.0776. The molecule has 30 heavy (non-hydrogen) atoms. The zero-order valence-electron chi connectivity index (χ0n) is 16.7. The number of nitrogens with zero attached hydrogens (tertiary/aromatic N) is 1. The van der Waals surface area contributed by atoms with Gasteiger partial charge in [-0.05, 0) is 49.2 Å². The molecule has 0 bridgehead atoms. The Morgan fingerprint density at radius 1 is 1.20 bits per heavy atom. The highest BCUT2D eigenvalue weighted by atomic mass is 32.2. The Bertz CT molecular complexity index is 957. The molecule has 1 aromatic heterocycles. The lowest BCUT2D eigenvalue weighted by Gasteiger charge is -2.31. The fourth-order valence-corrected chi connectivity index (χ4v) is 4.77. The number of rotatable bonds is 8. The largest absolute Gasteiger partial charge is 0.497 e. The normalized spacial score (nSPS) is 17.3. The molecule has 0 radical (unpaired) electrons. The van der Waals surface area contributed by atoms with Gasteiger partial charge in [0.25, 0.3) is 0 Å². The van der Waals surface area contributed by atoms with Crippen molar-refractivity contribution in [2.24, 2.45) is 5.92 Å². The summed E-state index contributed by atoms with van der Waals surface area (Å²) in [5, 5.41) is 5.23. The van der Waals surface area contributed by atoms with Gasteiger partial charge in [0.2, 0.25) is 21.8 Å². The number of amides is 2. The maximum Gasteiger partial charge on any atom is 0.243 e. The Labute approximate surface area is 175 Å². The summed E-state index contributed by atoms with van der Waals surface area (Å²) in [7, 11) is -2.20. The average Bonchev–Trinajstić information content (AvgIpc) is 3.30. The van der Waals surface area contributed by atoms with Crippen LogP contribution in [0, 0.1) is 5.92 Å². The lowest BCUT2D eigenvalue weighted by atomic mass is 9.99. The third kappa shape index (κ3) is 5.39. The first kappa shape index (κ1) is 21.8. The average molecular weight is 436 g/mol. The van der Waals surface area contributed by atoms with Crippen LogP contribution in [0.2, 0.25) is 0 Å². The fraction of sp³-hybridized carbons (Fsp3) is 0.400. The molecule has 1 saturated heterocycles. The molecule has 1 aliphatic heterocycles. The Hall–Kier alpha value is -2.85. The summed E-state index contributed by atoms with van der Waals surface area (Å²) >= 11 is 0. The number of nitrogens with one attached hydrogen (secondary N) is 2. The zero-order chi connectivity index (χ0) is 21.6. The van der Waals surface area contributed by atoms with Crippen LogP contribution in [0.1, 0.15) is 18.6 Å². The van der Waals surface area contributed by atoms with Gasteiger partial charge in [-0.15, -0.1) is 0 Å². The molecule has 162 valence electrons. The van der Waals surface area contributed by atoms with E-state index in [1.165, 1.54) is 29.8 Å². The van der Waals surface area contributed by atoms with Crippen molar-refractivity contribution >= 4 is 21.8 Å². The van der Waals surface area contributed by atoms with Crippen LogP contribution in [-0.4, -0.2) is 51.3 Å². The van der Waals surface area contributed by atoms with E-state index >= 15 is 0 Å². The van der Waals surface area contributed by atoms with Gasteiger partial charge in [-0.25, -0.2) is 8.42 Å². The highest BCUT2D eigenvalue weighted by Crippen LogP contribution is 2.25. The number of methoxy groups -OCH3 is 1. The molecule has 2 amide bonds. The summed E-state index contributed by atoms with van der Waals surface area (Å²) in [6.45, 7) is 0.482. The molecule has 1 atom stereocenters. The van der Waals surface area contributed by atoms with Crippen LogP contribution >= 0.6 is 0 Å². The van der Waals surface area contributed by atoms with Gasteiger partial charge in [0.05, 0.1) is 37.3 Å². The Morgan fingerprint density at radius 2 is 1.97 bits per heavy atom. The van der Waals surface area contributed by atoms with E-state index in [0.29, 0.717) is 30.9 Å². The molecule has 3 rings (SSSR count). The van der Waals surface area contributed by atoms with E-state index in [9.17, 15) is 18.0 Å². The monoisotopic (exact) mass is 435 g/mol. The van der Waals surface area contributed by atoms with E-state index in [1.54, 1.807) is 24.3 Å². The third-order valence-electron chi connectivity index (χ3n) is 4.92. The molecule has 1 fully saturated rings. The number of piperidine rings is 1. The van der Waals surface area contributed by atoms with Crippen molar-refractivity contribution < 1.29 is 27.2 Å². The molecule has 9 nitrogen and oxygen atoms in total. The molecule has 1 aliphatic rings. The van der Waals surface area contributed by atoms with Gasteiger partial charge in [0, 0.05) is 13.1 Å². The van der Waals surface area contributed by atoms with Crippen LogP contribution in [-0.2, 0) is 26.2 Å². The second kappa shape index (κ2) is 9.77. The number of hydrogen-bond donors (Lipinski definition) is 2. The standard InChI is InChI=1S/C20H25N3O6S/c1-28-16-6-8-18(9-7-16)30(26,27)23-10-2-4-15(14-23)20(25)22-13-19(24)21-12-17-5-3-11-29-17/h3,5-9,11,15H,2,4,10,12-14H2,1H3,(H,21,24)(H,22,25). The van der Waals surface area contributed by atoms with Gasteiger partial charge in [-0.1, -0.05) is 0 Å². The second-order valence-corrected chi connectivity index (χ2v) is 8.89. The van der Waals surface area contributed by atoms with Crippen molar-refractivity contribution in [3.8, 4) is 5.75 Å². The van der Waals surface area contributed by atoms with Crippen LogP contribution in [0.25, 0.3) is 0 Å². The minimum atomic E-state index is -3.71. The molecule has 1 unspecified atom stereocenters. The van der Waals surface area contributed by atoms with E-state index in [4.69, 9.17) is 9.15 Å². The molecular weight excluding hydrogens is 410 g/mol. The molecule has 2 N–H and O–H groups in total. The molecule has 10 heteroatoms. The number of carbonyl (C=O) groups is 2. The van der Waals surface area contributed by atoms with Crippen LogP contribution in [0.4, 0.5) is 0 Å². The van der Waals surface area contributed by atoms with Gasteiger partial charge < -0.3 is 19.8 Å². The van der Waals surface area contributed by atoms with E-state index in [1.807, 2.05) is 0 Å². The summed E-state index contributed by atoms with van der Waals surface area (Å²) in [5.74, 6) is -0.0165. The molecule has 0 aliphatic carbocycles. The predicted octanol–water partition coefficient (Wildman–Crippen LogP) is 1.12. The van der Waals surface area contributed by atoms with Crippen molar-refractivity contribution in [1.82, 2.24) is 14.9 Å². The SMILES string of the molecule is COc1ccc(S(=O)(=O)N2CCCC(C(=O)NCC(=O)NCc3ccco3)C2)cc1. The minimum Gasteiger partial charge on any atom is -0.497 e. The number of ether oxygens (including phenoxy) is 1. The van der Waals surface area contributed by atoms with E-state index in [2.05, 4.69) is 10.6 Å². The van der Waals surface area contributed by atoms with E-state index < -0.39 is 15.9 Å². The smallest absolute Gasteiger partial charge is 0.243 e. The fourth-order valence-electron chi connectivity index (χ4n) is 3.24. The van der Waals surface area contributed by atoms with Crippen LogP contribution in [0.5, 0.6) is 5.75 Å². The van der Waals surface area contributed by atoms with Gasteiger partial charge >= 0.3 is 0 Å². The molecule has 0 saturated carbocycles. The number of hydrogen-bond acceptors (Lipinski definition) is 6. The molecular formula is C20H25N3O6S. The van der Waals surface area contributed by atoms with Crippen molar-refractivity contribution in [2.75, 3.05) is 26.7 Å². The molecule has 2 heterocycles. The maximum absolute atomic E-state index is 12.9. The van der Waals surface area contributed by atoms with Crippen LogP contribution in [0.15, 0.2) is 52.0 Å². The number of carbonyl (C=O) groups excluding carboxylic acids is 2. The molecule has 2 aromatic rings. The van der Waals surface area contributed by atoms with Crippen molar-refractivity contribution in [3.05, 3.63) is 48.4 Å². The first-order chi connectivity index (χ1) is 14.4. The summed E-state index contributed by atoms with van der Waals surface area (Å²) < 4.78 is 37.3. The van der Waals surface area contributed by atoms with E-state index in [0.717, 1.165) is 0 Å². The van der Waals surface area contributed by atoms with Crippen LogP contribution < -0.4 is 15.4 Å². The zero-order valence-corrected chi connectivity index (χ0v) is 17.5. The Balaban J connectivity index is 1.52. The van der Waals surface area contributed by atoms with E-state index in [-0.39, 0.29) is 36.3 Å². The lowest BCUT2D eigenvalue weighted by Crippen LogP contribution is -2.47. The topological polar surface area (TPSA) is 118 Å². The van der Waals surface area contributed by atoms with Gasteiger partial charge in [0.1, 0.15) is 11.5 Å². The predicted molar refractivity (Wildman–Crippen MR) is 108 cm³/mol. The van der Waals surface area contributed by atoms with Gasteiger partial charge in [-0.3, -0.25) is 9.59 Å². The Morgan fingerprint density at radius 3 is 2.63 bits per heavy atom. The summed E-state index contributed by atoms with van der Waals surface area (Å²) in [6, 6.07) is 9.60. The Kier molecular flexibility index (Phi) is 7.11. The van der Waals surface area contributed by atoms with Crippen molar-refractivity contribution in [1.29, 1.82) is 0 Å². The first-order valence-corrected chi connectivity index (χ1v) is 11.0. The van der Waals surface area contributed by atoms with Crippen molar-refractivity contribution in [3.63, 3.8) is 0 Å². The molecule has 0 spiro atoms. The summed E-state index contributed by atoms with van der Waals surface area (Å²) in [5.41, 5.74) is 0. The third-order valence-corrected chi connectivity index (χ3v) is 6.79. The first-order valence-electron chi connectivity index (χ1n) is 9.61. The van der Waals surface area contributed by atoms with Crippen LogP contribution in [0.3, 0.4) is 0 Å². The van der Waals surface area contributed by atoms with Gasteiger partial charge in [0.15, 0.2) is 0 Å². The number of benzene rings is 1. The highest BCUT2D eigenvalue weighted by Gasteiger charge is 2.33. The number of furan rings is 1. The maximum atomic E-state index is 12.9. The lowest BCUT2D eigenvalue weighted by molar-refractivity contribution is -0.129. The van der Waals surface area contributed by atoms with Crippen molar-refractivity contribution in [2.45, 2.75) is 24.3 Å². The van der Waals surface area contributed by atoms with Gasteiger partial charge in [-0.2, -0.15) is 4.31 Å². The molecule has 1 aromatic carbocycles. The summed E-state index contributed by atoms with van der Waals surface area (Å²) in [4.78, 5) is 24.5. The second-order valence-electron chi connectivity index (χ2n) is 6.95. The summed E-state index contributed by atoms with van der Waals surface area (Å²) in [6.07, 6.45) is 2.64.